The fourth-order valence-corrected chi connectivity index (χ4v) is 2.06. The van der Waals surface area contributed by atoms with E-state index in [1.807, 2.05) is 5.01 Å². The molecule has 0 unspecified atom stereocenters. The quantitative estimate of drug-likeness (QED) is 0.440. The molecule has 0 bridgehead atoms. The van der Waals surface area contributed by atoms with E-state index >= 15 is 0 Å². The van der Waals surface area contributed by atoms with Gasteiger partial charge in [0.2, 0.25) is 0 Å². The van der Waals surface area contributed by atoms with Crippen LogP contribution >= 0.6 is 0 Å². The van der Waals surface area contributed by atoms with Crippen LogP contribution in [0.5, 0.6) is 0 Å². The van der Waals surface area contributed by atoms with Crippen LogP contribution in [0.3, 0.4) is 0 Å². The number of likely N-dealkylation sites (N-methyl/N-ethyl adjacent to an activating group) is 2. The van der Waals surface area contributed by atoms with E-state index < -0.39 is 5.91 Å². The third-order valence-corrected chi connectivity index (χ3v) is 3.55. The molecule has 0 aromatic rings. The molecule has 1 saturated heterocycles. The van der Waals surface area contributed by atoms with Crippen molar-refractivity contribution in [3.8, 4) is 0 Å². The fraction of sp³-hybridized carbons (Fsp3) is 0.667. The van der Waals surface area contributed by atoms with E-state index in [0.29, 0.717) is 12.0 Å². The van der Waals surface area contributed by atoms with Gasteiger partial charge in [0.25, 0.3) is 11.8 Å². The summed E-state index contributed by atoms with van der Waals surface area (Å²) in [6, 6.07) is 0.307. The maximum absolute atomic E-state index is 12.0. The van der Waals surface area contributed by atoms with E-state index in [-0.39, 0.29) is 11.5 Å². The van der Waals surface area contributed by atoms with Gasteiger partial charge in [-0.2, -0.15) is 0 Å². The Kier molecular flexibility index (Phi) is 4.28. The molecule has 0 radical (unpaired) electrons. The Morgan fingerprint density at radius 1 is 1.41 bits per heavy atom. The van der Waals surface area contributed by atoms with Crippen molar-refractivity contribution in [1.82, 2.24) is 15.3 Å². The van der Waals surface area contributed by atoms with Crippen molar-refractivity contribution in [3.63, 3.8) is 0 Å². The Bertz CT molecular complexity index is 341. The second-order valence-electron chi connectivity index (χ2n) is 4.56. The fourth-order valence-electron chi connectivity index (χ4n) is 2.06. The van der Waals surface area contributed by atoms with Crippen LogP contribution in [0.25, 0.3) is 0 Å². The Labute approximate surface area is 102 Å². The highest BCUT2D eigenvalue weighted by molar-refractivity contribution is 6.17. The number of rotatable bonds is 3. The zero-order valence-electron chi connectivity index (χ0n) is 11.0. The predicted octanol–water partition coefficient (Wildman–Crippen LogP) is 0.392. The third kappa shape index (κ3) is 2.66. The monoisotopic (exact) mass is 239 g/mol. The summed E-state index contributed by atoms with van der Waals surface area (Å²) in [6.45, 7) is 8.62. The number of hydrogen-bond donors (Lipinski definition) is 1. The van der Waals surface area contributed by atoms with Gasteiger partial charge in [0.1, 0.15) is 0 Å². The molecule has 1 N–H and O–H groups in total. The van der Waals surface area contributed by atoms with Crippen LogP contribution in [-0.4, -0.2) is 48.5 Å². The zero-order valence-corrected chi connectivity index (χ0v) is 11.0. The maximum Gasteiger partial charge on any atom is 0.272 e. The van der Waals surface area contributed by atoms with Gasteiger partial charge in [-0.05, 0) is 19.3 Å². The zero-order chi connectivity index (χ0) is 13.2. The molecule has 5 nitrogen and oxygen atoms in total. The molecule has 1 rings (SSSR count). The summed E-state index contributed by atoms with van der Waals surface area (Å²) in [7, 11) is 3.17. The molecule has 0 spiro atoms. The molecular weight excluding hydrogens is 218 g/mol. The molecule has 1 aliphatic heterocycles. The van der Waals surface area contributed by atoms with Crippen LogP contribution in [0.2, 0.25) is 0 Å². The average molecular weight is 239 g/mol. The minimum Gasteiger partial charge on any atom is -0.355 e. The molecule has 1 heterocycles. The second-order valence-corrected chi connectivity index (χ2v) is 4.56. The molecule has 5 heteroatoms. The summed E-state index contributed by atoms with van der Waals surface area (Å²) in [4.78, 5) is 23.3. The first-order valence-electron chi connectivity index (χ1n) is 5.85. The van der Waals surface area contributed by atoms with Crippen LogP contribution in [0.15, 0.2) is 12.2 Å². The number of nitrogens with one attached hydrogen (secondary N) is 1. The summed E-state index contributed by atoms with van der Waals surface area (Å²) < 4.78 is 0. The second kappa shape index (κ2) is 5.31. The first kappa shape index (κ1) is 13.7. The summed E-state index contributed by atoms with van der Waals surface area (Å²) in [6.07, 6.45) is 1.06. The SMILES string of the molecule is C=C(C(=O)NC)C(=O)N(C)N1CC[C@H](C)[C@H]1C. The first-order valence-corrected chi connectivity index (χ1v) is 5.85. The lowest BCUT2D eigenvalue weighted by Gasteiger charge is -2.32. The molecule has 0 saturated carbocycles. The number of nitrogens with zero attached hydrogens (tertiary/aromatic N) is 2. The summed E-state index contributed by atoms with van der Waals surface area (Å²) in [5.41, 5.74) is -0.0262. The molecule has 96 valence electrons. The summed E-state index contributed by atoms with van der Waals surface area (Å²) >= 11 is 0. The Balaban J connectivity index is 2.70. The number of hydrogen-bond acceptors (Lipinski definition) is 3. The Morgan fingerprint density at radius 3 is 2.41 bits per heavy atom. The highest BCUT2D eigenvalue weighted by Gasteiger charge is 2.33. The van der Waals surface area contributed by atoms with E-state index in [9.17, 15) is 9.59 Å². The maximum atomic E-state index is 12.0. The van der Waals surface area contributed by atoms with E-state index in [2.05, 4.69) is 25.7 Å². The van der Waals surface area contributed by atoms with Gasteiger partial charge >= 0.3 is 0 Å². The van der Waals surface area contributed by atoms with Gasteiger partial charge in [-0.1, -0.05) is 13.5 Å². The normalized spacial score (nSPS) is 24.5. The third-order valence-electron chi connectivity index (χ3n) is 3.55. The minimum absolute atomic E-state index is 0.0262. The number of hydrazine groups is 1. The Morgan fingerprint density at radius 2 is 2.00 bits per heavy atom. The van der Waals surface area contributed by atoms with Crippen molar-refractivity contribution < 1.29 is 9.59 Å². The lowest BCUT2D eigenvalue weighted by atomic mass is 10.1. The van der Waals surface area contributed by atoms with Crippen LogP contribution in [0.1, 0.15) is 20.3 Å². The molecular formula is C12H21N3O2. The van der Waals surface area contributed by atoms with Crippen molar-refractivity contribution in [2.75, 3.05) is 20.6 Å². The van der Waals surface area contributed by atoms with E-state index in [1.54, 1.807) is 7.05 Å². The molecule has 2 atom stereocenters. The van der Waals surface area contributed by atoms with Gasteiger partial charge in [0.05, 0.1) is 5.57 Å². The average Bonchev–Trinajstić information content (AvgIpc) is 2.66. The van der Waals surface area contributed by atoms with Crippen LogP contribution in [0.4, 0.5) is 0 Å². The highest BCUT2D eigenvalue weighted by Crippen LogP contribution is 2.24. The van der Waals surface area contributed by atoms with Crippen LogP contribution in [-0.2, 0) is 9.59 Å². The molecule has 0 aromatic heterocycles. The summed E-state index contributed by atoms with van der Waals surface area (Å²) in [5.74, 6) is -0.217. The molecule has 0 aromatic carbocycles. The van der Waals surface area contributed by atoms with Crippen LogP contribution in [0, 0.1) is 5.92 Å². The van der Waals surface area contributed by atoms with Gasteiger partial charge in [-0.3, -0.25) is 14.6 Å². The number of carbonyl (C=O) groups is 2. The molecule has 0 aliphatic carbocycles. The molecule has 17 heavy (non-hydrogen) atoms. The van der Waals surface area contributed by atoms with Crippen molar-refractivity contribution in [2.45, 2.75) is 26.3 Å². The topological polar surface area (TPSA) is 52.7 Å². The van der Waals surface area contributed by atoms with Gasteiger partial charge in [-0.15, -0.1) is 0 Å². The first-order chi connectivity index (χ1) is 7.90. The van der Waals surface area contributed by atoms with Crippen molar-refractivity contribution >= 4 is 11.8 Å². The highest BCUT2D eigenvalue weighted by atomic mass is 16.2. The number of carbonyl (C=O) groups excluding carboxylic acids is 2. The summed E-state index contributed by atoms with van der Waals surface area (Å²) in [5, 5.41) is 5.90. The van der Waals surface area contributed by atoms with Gasteiger partial charge < -0.3 is 5.32 Å². The standard InChI is InChI=1S/C12H21N3O2/c1-8-6-7-15(10(8)3)14(5)12(17)9(2)11(16)13-4/h8,10H,2,6-7H2,1,3-5H3,(H,13,16)/t8-,10+/m0/s1. The molecule has 1 aliphatic rings. The van der Waals surface area contributed by atoms with Crippen molar-refractivity contribution in [1.29, 1.82) is 0 Å². The van der Waals surface area contributed by atoms with Crippen molar-refractivity contribution in [2.24, 2.45) is 5.92 Å². The smallest absolute Gasteiger partial charge is 0.272 e. The lowest BCUT2D eigenvalue weighted by molar-refractivity contribution is -0.144. The van der Waals surface area contributed by atoms with E-state index in [0.717, 1.165) is 13.0 Å². The molecule has 1 fully saturated rings. The lowest BCUT2D eigenvalue weighted by Crippen LogP contribution is -2.48. The largest absolute Gasteiger partial charge is 0.355 e. The Hall–Kier alpha value is -1.36. The van der Waals surface area contributed by atoms with E-state index in [1.165, 1.54) is 12.1 Å². The van der Waals surface area contributed by atoms with Crippen LogP contribution < -0.4 is 5.32 Å². The molecule has 2 amide bonds. The van der Waals surface area contributed by atoms with E-state index in [4.69, 9.17) is 0 Å². The van der Waals surface area contributed by atoms with Gasteiger partial charge in [0.15, 0.2) is 0 Å². The number of amides is 2. The van der Waals surface area contributed by atoms with Gasteiger partial charge in [-0.25, -0.2) is 5.01 Å². The van der Waals surface area contributed by atoms with Gasteiger partial charge in [0, 0.05) is 26.7 Å². The predicted molar refractivity (Wildman–Crippen MR) is 65.9 cm³/mol. The minimum atomic E-state index is -0.429. The van der Waals surface area contributed by atoms with Crippen molar-refractivity contribution in [3.05, 3.63) is 12.2 Å².